The van der Waals surface area contributed by atoms with Gasteiger partial charge in [0, 0.05) is 0 Å². The number of hydrogen-bond acceptors (Lipinski definition) is 9. The van der Waals surface area contributed by atoms with E-state index in [1.54, 1.807) is 13.0 Å². The molecule has 0 bridgehead atoms. The highest BCUT2D eigenvalue weighted by atomic mass is 32.2. The van der Waals surface area contributed by atoms with E-state index in [0.717, 1.165) is 11.8 Å². The zero-order valence-electron chi connectivity index (χ0n) is 13.4. The molecule has 0 radical (unpaired) electrons. The number of benzene rings is 1. The number of nitrogens with one attached hydrogen (secondary N) is 1. The maximum Gasteiger partial charge on any atom is 0.413 e. The van der Waals surface area contributed by atoms with Crippen molar-refractivity contribution in [1.82, 2.24) is 15.5 Å². The molecule has 9 nitrogen and oxygen atoms in total. The number of fused-ring (bicyclic) bond motifs is 1. The standard InChI is InChI=1S/C15H15N3O6S/c1-8(12(19)16-14(20)21-2)25-15-18-17-13(24-15)11-7-22-9-5-3-4-6-10(9)23-11/h3-6,8,11H,7H2,1-2H3,(H,16,19,20)/t8-,11-/m0/s1. The molecule has 10 heteroatoms. The van der Waals surface area contributed by atoms with Gasteiger partial charge in [0.2, 0.25) is 12.0 Å². The summed E-state index contributed by atoms with van der Waals surface area (Å²) in [6, 6.07) is 7.28. The zero-order valence-corrected chi connectivity index (χ0v) is 14.2. The molecular weight excluding hydrogens is 350 g/mol. The number of carbonyl (C=O) groups excluding carboxylic acids is 2. The van der Waals surface area contributed by atoms with Gasteiger partial charge in [-0.3, -0.25) is 10.1 Å². The van der Waals surface area contributed by atoms with Gasteiger partial charge in [-0.25, -0.2) is 4.79 Å². The second-order valence-electron chi connectivity index (χ2n) is 5.01. The number of thioether (sulfide) groups is 1. The maximum absolute atomic E-state index is 11.8. The first-order valence-electron chi connectivity index (χ1n) is 7.34. The van der Waals surface area contributed by atoms with Gasteiger partial charge in [0.25, 0.3) is 11.1 Å². The van der Waals surface area contributed by atoms with Gasteiger partial charge in [0.15, 0.2) is 11.5 Å². The van der Waals surface area contributed by atoms with Crippen molar-refractivity contribution in [3.63, 3.8) is 0 Å². The molecule has 2 atom stereocenters. The second kappa shape index (κ2) is 7.43. The van der Waals surface area contributed by atoms with Crippen molar-refractivity contribution in [3.05, 3.63) is 30.2 Å². The molecule has 132 valence electrons. The quantitative estimate of drug-likeness (QED) is 0.812. The summed E-state index contributed by atoms with van der Waals surface area (Å²) in [4.78, 5) is 22.8. The lowest BCUT2D eigenvalue weighted by atomic mass is 10.2. The first kappa shape index (κ1) is 17.1. The largest absolute Gasteiger partial charge is 0.485 e. The van der Waals surface area contributed by atoms with E-state index in [-0.39, 0.29) is 17.7 Å². The number of rotatable bonds is 4. The molecule has 0 saturated heterocycles. The molecule has 1 aromatic heterocycles. The molecule has 0 aliphatic carbocycles. The molecule has 1 aromatic carbocycles. The summed E-state index contributed by atoms with van der Waals surface area (Å²) in [5.41, 5.74) is 0. The second-order valence-corrected chi connectivity index (χ2v) is 6.30. The van der Waals surface area contributed by atoms with Crippen molar-refractivity contribution >= 4 is 23.8 Å². The topological polar surface area (TPSA) is 113 Å². The Morgan fingerprint density at radius 3 is 2.84 bits per heavy atom. The van der Waals surface area contributed by atoms with E-state index in [9.17, 15) is 9.59 Å². The minimum absolute atomic E-state index is 0.185. The molecule has 1 aliphatic rings. The Morgan fingerprint density at radius 1 is 1.32 bits per heavy atom. The number of hydrogen-bond donors (Lipinski definition) is 1. The fourth-order valence-electron chi connectivity index (χ4n) is 2.00. The minimum atomic E-state index is -0.824. The third-order valence-corrected chi connectivity index (χ3v) is 4.20. The number of aromatic nitrogens is 2. The number of alkyl carbamates (subject to hydrolysis) is 1. The van der Waals surface area contributed by atoms with E-state index in [0.29, 0.717) is 11.5 Å². The smallest absolute Gasteiger partial charge is 0.413 e. The maximum atomic E-state index is 11.8. The summed E-state index contributed by atoms with van der Waals surface area (Å²) in [7, 11) is 1.18. The van der Waals surface area contributed by atoms with Crippen LogP contribution >= 0.6 is 11.8 Å². The number of para-hydroxylation sites is 2. The molecular formula is C15H15N3O6S. The van der Waals surface area contributed by atoms with Gasteiger partial charge in [-0.2, -0.15) is 0 Å². The van der Waals surface area contributed by atoms with Crippen LogP contribution < -0.4 is 14.8 Å². The predicted octanol–water partition coefficient (Wildman–Crippen LogP) is 1.95. The van der Waals surface area contributed by atoms with Gasteiger partial charge < -0.3 is 18.6 Å². The Balaban J connectivity index is 1.61. The Morgan fingerprint density at radius 2 is 2.08 bits per heavy atom. The van der Waals surface area contributed by atoms with Crippen molar-refractivity contribution in [2.45, 2.75) is 23.5 Å². The van der Waals surface area contributed by atoms with Crippen LogP contribution in [0.4, 0.5) is 4.79 Å². The third-order valence-electron chi connectivity index (χ3n) is 3.26. The van der Waals surface area contributed by atoms with Gasteiger partial charge in [0.1, 0.15) is 6.61 Å². The summed E-state index contributed by atoms with van der Waals surface area (Å²) in [6.45, 7) is 1.84. The fraction of sp³-hybridized carbons (Fsp3) is 0.333. The molecule has 2 heterocycles. The molecule has 0 unspecified atom stereocenters. The highest BCUT2D eigenvalue weighted by Gasteiger charge is 2.28. The van der Waals surface area contributed by atoms with Crippen LogP contribution in [0.5, 0.6) is 11.5 Å². The summed E-state index contributed by atoms with van der Waals surface area (Å²) in [5.74, 6) is 0.971. The van der Waals surface area contributed by atoms with E-state index >= 15 is 0 Å². The van der Waals surface area contributed by atoms with Crippen LogP contribution in [0.1, 0.15) is 18.9 Å². The first-order chi connectivity index (χ1) is 12.1. The lowest BCUT2D eigenvalue weighted by Gasteiger charge is -2.23. The minimum Gasteiger partial charge on any atom is -0.485 e. The van der Waals surface area contributed by atoms with Gasteiger partial charge in [-0.05, 0) is 19.1 Å². The highest BCUT2D eigenvalue weighted by molar-refractivity contribution is 8.00. The number of imide groups is 1. The monoisotopic (exact) mass is 365 g/mol. The van der Waals surface area contributed by atoms with Gasteiger partial charge in [0.05, 0.1) is 12.4 Å². The van der Waals surface area contributed by atoms with E-state index in [1.807, 2.05) is 18.2 Å². The molecule has 1 N–H and O–H groups in total. The van der Waals surface area contributed by atoms with Crippen molar-refractivity contribution in [1.29, 1.82) is 0 Å². The Hall–Kier alpha value is -2.75. The van der Waals surface area contributed by atoms with E-state index in [1.165, 1.54) is 7.11 Å². The van der Waals surface area contributed by atoms with Gasteiger partial charge in [-0.1, -0.05) is 23.9 Å². The Kier molecular flexibility index (Phi) is 5.08. The predicted molar refractivity (Wildman–Crippen MR) is 85.5 cm³/mol. The van der Waals surface area contributed by atoms with E-state index in [4.69, 9.17) is 13.9 Å². The van der Waals surface area contributed by atoms with E-state index in [2.05, 4.69) is 20.3 Å². The van der Waals surface area contributed by atoms with Crippen LogP contribution in [0.2, 0.25) is 0 Å². The van der Waals surface area contributed by atoms with Gasteiger partial charge in [-0.15, -0.1) is 10.2 Å². The van der Waals surface area contributed by atoms with Crippen LogP contribution in [-0.2, 0) is 9.53 Å². The van der Waals surface area contributed by atoms with Crippen LogP contribution in [0, 0.1) is 0 Å². The van der Waals surface area contributed by atoms with Gasteiger partial charge >= 0.3 is 6.09 Å². The fourth-order valence-corrected chi connectivity index (χ4v) is 2.69. The number of methoxy groups -OCH3 is 1. The average molecular weight is 365 g/mol. The van der Waals surface area contributed by atoms with Crippen LogP contribution in [0.15, 0.2) is 33.9 Å². The molecule has 1 aliphatic heterocycles. The summed E-state index contributed by atoms with van der Waals surface area (Å²) >= 11 is 1.02. The summed E-state index contributed by atoms with van der Waals surface area (Å²) in [6.07, 6.45) is -1.36. The van der Waals surface area contributed by atoms with Crippen molar-refractivity contribution in [3.8, 4) is 11.5 Å². The van der Waals surface area contributed by atoms with Crippen molar-refractivity contribution in [2.75, 3.05) is 13.7 Å². The molecule has 0 saturated carbocycles. The normalized spacial score (nSPS) is 16.8. The third kappa shape index (κ3) is 4.02. The van der Waals surface area contributed by atoms with Crippen LogP contribution in [0.25, 0.3) is 0 Å². The average Bonchev–Trinajstić information content (AvgIpc) is 3.09. The van der Waals surface area contributed by atoms with Crippen LogP contribution in [0.3, 0.4) is 0 Å². The van der Waals surface area contributed by atoms with Crippen LogP contribution in [-0.4, -0.2) is 41.2 Å². The molecule has 0 spiro atoms. The Labute approximate surface area is 147 Å². The number of amides is 2. The SMILES string of the molecule is COC(=O)NC(=O)[C@H](C)Sc1nnc([C@@H]2COc3ccccc3O2)o1. The molecule has 25 heavy (non-hydrogen) atoms. The van der Waals surface area contributed by atoms with Crippen molar-refractivity contribution < 1.29 is 28.2 Å². The highest BCUT2D eigenvalue weighted by Crippen LogP contribution is 2.36. The van der Waals surface area contributed by atoms with Crippen molar-refractivity contribution in [2.24, 2.45) is 0 Å². The van der Waals surface area contributed by atoms with E-state index < -0.39 is 23.4 Å². The number of carbonyl (C=O) groups is 2. The zero-order chi connectivity index (χ0) is 17.8. The molecule has 3 rings (SSSR count). The first-order valence-corrected chi connectivity index (χ1v) is 8.22. The Bertz CT molecular complexity index is 780. The molecule has 2 aromatic rings. The number of nitrogens with zero attached hydrogens (tertiary/aromatic N) is 2. The number of ether oxygens (including phenoxy) is 3. The summed E-state index contributed by atoms with van der Waals surface area (Å²) in [5, 5.41) is 9.45. The lowest BCUT2D eigenvalue weighted by molar-refractivity contribution is -0.119. The lowest BCUT2D eigenvalue weighted by Crippen LogP contribution is -2.35. The summed E-state index contributed by atoms with van der Waals surface area (Å²) < 4.78 is 21.3. The molecule has 0 fully saturated rings. The molecule has 2 amide bonds.